The Bertz CT molecular complexity index is 974. The van der Waals surface area contributed by atoms with Gasteiger partial charge in [0.2, 0.25) is 0 Å². The number of esters is 1. The van der Waals surface area contributed by atoms with Gasteiger partial charge in [0.05, 0.1) is 33.3 Å². The van der Waals surface area contributed by atoms with Crippen LogP contribution in [0, 0.1) is 13.8 Å². The summed E-state index contributed by atoms with van der Waals surface area (Å²) in [5, 5.41) is 7.04. The molecule has 3 heterocycles. The van der Waals surface area contributed by atoms with Crippen LogP contribution in [-0.4, -0.2) is 34.7 Å². The third-order valence-corrected chi connectivity index (χ3v) is 4.64. The van der Waals surface area contributed by atoms with Crippen LogP contribution in [0.2, 0.25) is 0 Å². The molecule has 0 aliphatic carbocycles. The molecule has 136 valence electrons. The minimum absolute atomic E-state index is 0.210. The van der Waals surface area contributed by atoms with E-state index in [1.165, 1.54) is 0 Å². The molecule has 0 radical (unpaired) electrons. The molecule has 8 heteroatoms. The summed E-state index contributed by atoms with van der Waals surface area (Å²) in [6, 6.07) is 5.62. The standard InChI is InChI=1S/C18H19N3O4S/c1-9(2)24-15(22)8-19-17(23)12-7-13(14-6-5-10(3)26-14)20-18-16(12)11(4)21-25-18/h5-7,9H,8H2,1-4H3,(H,19,23). The highest BCUT2D eigenvalue weighted by Crippen LogP contribution is 2.30. The zero-order valence-corrected chi connectivity index (χ0v) is 15.8. The van der Waals surface area contributed by atoms with Gasteiger partial charge in [0, 0.05) is 4.88 Å². The van der Waals surface area contributed by atoms with E-state index in [9.17, 15) is 9.59 Å². The lowest BCUT2D eigenvalue weighted by molar-refractivity contribution is -0.146. The second kappa shape index (κ2) is 7.25. The molecule has 3 aromatic heterocycles. The molecular weight excluding hydrogens is 354 g/mol. The number of thiophene rings is 1. The highest BCUT2D eigenvalue weighted by molar-refractivity contribution is 7.15. The summed E-state index contributed by atoms with van der Waals surface area (Å²) in [7, 11) is 0. The van der Waals surface area contributed by atoms with E-state index in [-0.39, 0.29) is 12.6 Å². The van der Waals surface area contributed by atoms with Crippen molar-refractivity contribution in [2.45, 2.75) is 33.8 Å². The number of aryl methyl sites for hydroxylation is 2. The van der Waals surface area contributed by atoms with Crippen LogP contribution < -0.4 is 5.32 Å². The summed E-state index contributed by atoms with van der Waals surface area (Å²) in [4.78, 5) is 30.9. The van der Waals surface area contributed by atoms with Gasteiger partial charge < -0.3 is 14.6 Å². The smallest absolute Gasteiger partial charge is 0.325 e. The van der Waals surface area contributed by atoms with Crippen molar-refractivity contribution in [3.8, 4) is 10.6 Å². The Balaban J connectivity index is 1.94. The van der Waals surface area contributed by atoms with Crippen LogP contribution in [0.15, 0.2) is 22.7 Å². The Labute approximate surface area is 154 Å². The van der Waals surface area contributed by atoms with Gasteiger partial charge in [-0.05, 0) is 45.9 Å². The molecule has 3 aromatic rings. The average molecular weight is 373 g/mol. The first kappa shape index (κ1) is 18.1. The predicted molar refractivity (Wildman–Crippen MR) is 98.2 cm³/mol. The Morgan fingerprint density at radius 1 is 1.31 bits per heavy atom. The zero-order chi connectivity index (χ0) is 18.8. The van der Waals surface area contributed by atoms with Crippen LogP contribution in [0.1, 0.15) is 34.8 Å². The number of hydrogen-bond acceptors (Lipinski definition) is 7. The minimum atomic E-state index is -0.491. The molecule has 26 heavy (non-hydrogen) atoms. The van der Waals surface area contributed by atoms with Gasteiger partial charge in [-0.3, -0.25) is 9.59 Å². The molecule has 0 atom stereocenters. The largest absolute Gasteiger partial charge is 0.462 e. The van der Waals surface area contributed by atoms with Gasteiger partial charge in [0.1, 0.15) is 6.54 Å². The Morgan fingerprint density at radius 3 is 2.73 bits per heavy atom. The molecule has 7 nitrogen and oxygen atoms in total. The van der Waals surface area contributed by atoms with Crippen molar-refractivity contribution in [2.75, 3.05) is 6.54 Å². The molecule has 0 saturated heterocycles. The Hall–Kier alpha value is -2.74. The van der Waals surface area contributed by atoms with Crippen molar-refractivity contribution in [3.63, 3.8) is 0 Å². The van der Waals surface area contributed by atoms with Crippen LogP contribution in [0.25, 0.3) is 21.7 Å². The number of rotatable bonds is 5. The van der Waals surface area contributed by atoms with Gasteiger partial charge in [-0.1, -0.05) is 5.16 Å². The number of pyridine rings is 1. The maximum Gasteiger partial charge on any atom is 0.325 e. The SMILES string of the molecule is Cc1ccc(-c2cc(C(=O)NCC(=O)OC(C)C)c3c(C)noc3n2)s1. The Morgan fingerprint density at radius 2 is 2.08 bits per heavy atom. The van der Waals surface area contributed by atoms with Crippen LogP contribution in [-0.2, 0) is 9.53 Å². The fourth-order valence-electron chi connectivity index (χ4n) is 2.52. The average Bonchev–Trinajstić information content (AvgIpc) is 3.17. The van der Waals surface area contributed by atoms with E-state index in [1.807, 2.05) is 19.1 Å². The molecule has 0 unspecified atom stereocenters. The van der Waals surface area contributed by atoms with E-state index in [4.69, 9.17) is 9.26 Å². The van der Waals surface area contributed by atoms with Crippen molar-refractivity contribution < 1.29 is 18.8 Å². The topological polar surface area (TPSA) is 94.3 Å². The van der Waals surface area contributed by atoms with Gasteiger partial charge in [-0.25, -0.2) is 4.98 Å². The predicted octanol–water partition coefficient (Wildman–Crippen LogP) is 3.25. The number of ether oxygens (including phenoxy) is 1. The number of carbonyl (C=O) groups excluding carboxylic acids is 2. The third-order valence-electron chi connectivity index (χ3n) is 3.61. The third kappa shape index (κ3) is 3.75. The van der Waals surface area contributed by atoms with E-state index in [0.29, 0.717) is 28.1 Å². The fourth-order valence-corrected chi connectivity index (χ4v) is 3.35. The molecule has 0 saturated carbocycles. The van der Waals surface area contributed by atoms with E-state index in [1.54, 1.807) is 38.2 Å². The number of nitrogens with zero attached hydrogens (tertiary/aromatic N) is 2. The van der Waals surface area contributed by atoms with E-state index in [0.717, 1.165) is 9.75 Å². The molecule has 0 bridgehead atoms. The number of carbonyl (C=O) groups is 2. The summed E-state index contributed by atoms with van der Waals surface area (Å²) >= 11 is 1.57. The summed E-state index contributed by atoms with van der Waals surface area (Å²) in [6.07, 6.45) is -0.235. The lowest BCUT2D eigenvalue weighted by atomic mass is 10.1. The summed E-state index contributed by atoms with van der Waals surface area (Å²) in [5.74, 6) is -0.895. The number of aromatic nitrogens is 2. The zero-order valence-electron chi connectivity index (χ0n) is 15.0. The fraction of sp³-hybridized carbons (Fsp3) is 0.333. The number of nitrogens with one attached hydrogen (secondary N) is 1. The van der Waals surface area contributed by atoms with Gasteiger partial charge in [-0.15, -0.1) is 11.3 Å². The van der Waals surface area contributed by atoms with Crippen LogP contribution in [0.4, 0.5) is 0 Å². The first-order valence-electron chi connectivity index (χ1n) is 8.16. The highest BCUT2D eigenvalue weighted by atomic mass is 32.1. The van der Waals surface area contributed by atoms with Crippen molar-refractivity contribution in [1.29, 1.82) is 0 Å². The number of fused-ring (bicyclic) bond motifs is 1. The lowest BCUT2D eigenvalue weighted by Gasteiger charge is -2.10. The van der Waals surface area contributed by atoms with Gasteiger partial charge in [0.25, 0.3) is 11.6 Å². The van der Waals surface area contributed by atoms with Crippen LogP contribution >= 0.6 is 11.3 Å². The van der Waals surface area contributed by atoms with Crippen molar-refractivity contribution in [3.05, 3.63) is 34.3 Å². The minimum Gasteiger partial charge on any atom is -0.462 e. The first-order valence-corrected chi connectivity index (χ1v) is 8.98. The van der Waals surface area contributed by atoms with Crippen molar-refractivity contribution >= 4 is 34.3 Å². The van der Waals surface area contributed by atoms with Gasteiger partial charge >= 0.3 is 5.97 Å². The Kier molecular flexibility index (Phi) is 5.03. The maximum absolute atomic E-state index is 12.7. The van der Waals surface area contributed by atoms with Crippen LogP contribution in [0.5, 0.6) is 0 Å². The van der Waals surface area contributed by atoms with E-state index in [2.05, 4.69) is 15.5 Å². The first-order chi connectivity index (χ1) is 12.3. The number of hydrogen-bond donors (Lipinski definition) is 1. The molecular formula is C18H19N3O4S. The molecule has 0 spiro atoms. The molecule has 0 aliphatic rings. The van der Waals surface area contributed by atoms with Crippen LogP contribution in [0.3, 0.4) is 0 Å². The summed E-state index contributed by atoms with van der Waals surface area (Å²) < 4.78 is 10.3. The lowest BCUT2D eigenvalue weighted by Crippen LogP contribution is -2.31. The monoisotopic (exact) mass is 373 g/mol. The normalized spacial score (nSPS) is 11.1. The molecule has 0 aromatic carbocycles. The van der Waals surface area contributed by atoms with E-state index >= 15 is 0 Å². The molecule has 1 amide bonds. The maximum atomic E-state index is 12.7. The highest BCUT2D eigenvalue weighted by Gasteiger charge is 2.20. The van der Waals surface area contributed by atoms with Gasteiger partial charge in [-0.2, -0.15) is 0 Å². The van der Waals surface area contributed by atoms with E-state index < -0.39 is 11.9 Å². The van der Waals surface area contributed by atoms with Gasteiger partial charge in [0.15, 0.2) is 0 Å². The molecule has 1 N–H and O–H groups in total. The molecule has 0 fully saturated rings. The molecule has 0 aliphatic heterocycles. The molecule has 3 rings (SSSR count). The van der Waals surface area contributed by atoms with Crippen molar-refractivity contribution in [2.24, 2.45) is 0 Å². The number of amides is 1. The summed E-state index contributed by atoms with van der Waals surface area (Å²) in [6.45, 7) is 7.04. The second-order valence-corrected chi connectivity index (χ2v) is 7.42. The van der Waals surface area contributed by atoms with Crippen molar-refractivity contribution in [1.82, 2.24) is 15.5 Å². The second-order valence-electron chi connectivity index (χ2n) is 6.13. The summed E-state index contributed by atoms with van der Waals surface area (Å²) in [5.41, 5.74) is 1.85. The quantitative estimate of drug-likeness (QED) is 0.690.